The van der Waals surface area contributed by atoms with Gasteiger partial charge in [0, 0.05) is 24.8 Å². The van der Waals surface area contributed by atoms with Gasteiger partial charge in [-0.15, -0.1) is 0 Å². The lowest BCUT2D eigenvalue weighted by Gasteiger charge is -1.95. The third-order valence-corrected chi connectivity index (χ3v) is 2.36. The molecule has 0 spiro atoms. The minimum atomic E-state index is 0.797. The average molecular weight is 187 g/mol. The second-order valence-corrected chi connectivity index (χ2v) is 3.26. The van der Waals surface area contributed by atoms with Gasteiger partial charge in [-0.2, -0.15) is 0 Å². The number of pyridine rings is 1. The van der Waals surface area contributed by atoms with Gasteiger partial charge in [0.1, 0.15) is 11.4 Å². The van der Waals surface area contributed by atoms with Crippen LogP contribution in [0.5, 0.6) is 0 Å². The Morgan fingerprint density at radius 1 is 1.29 bits per heavy atom. The number of rotatable bonds is 1. The molecule has 1 aliphatic rings. The molecule has 0 fully saturated rings. The first-order chi connectivity index (χ1) is 6.95. The first kappa shape index (κ1) is 7.70. The van der Waals surface area contributed by atoms with E-state index < -0.39 is 0 Å². The molecule has 0 atom stereocenters. The second-order valence-electron chi connectivity index (χ2n) is 3.26. The smallest absolute Gasteiger partial charge is 0.189 e. The molecule has 0 saturated heterocycles. The largest absolute Gasteiger partial charge is 0.354 e. The minimum absolute atomic E-state index is 0.797. The summed E-state index contributed by atoms with van der Waals surface area (Å²) in [5.74, 6) is 0.797. The van der Waals surface area contributed by atoms with E-state index in [1.165, 1.54) is 0 Å². The highest BCUT2D eigenvalue weighted by Gasteiger charge is 2.21. The molecule has 0 radical (unpaired) electrons. The highest BCUT2D eigenvalue weighted by atomic mass is 16.5. The summed E-state index contributed by atoms with van der Waals surface area (Å²) in [5.41, 5.74) is 3.00. The number of hydrogen-bond acceptors (Lipinski definition) is 4. The van der Waals surface area contributed by atoms with E-state index in [1.54, 1.807) is 6.20 Å². The van der Waals surface area contributed by atoms with Gasteiger partial charge in [0.25, 0.3) is 0 Å². The zero-order valence-corrected chi connectivity index (χ0v) is 7.53. The van der Waals surface area contributed by atoms with Crippen molar-refractivity contribution in [1.29, 1.82) is 0 Å². The quantitative estimate of drug-likeness (QED) is 0.732. The summed E-state index contributed by atoms with van der Waals surface area (Å²) in [4.78, 5) is 4.24. The summed E-state index contributed by atoms with van der Waals surface area (Å²) in [7, 11) is 0. The first-order valence-corrected chi connectivity index (χ1v) is 4.54. The standard InChI is InChI=1S/C10H9N3O/c1-2-4-12-8(3-1)10-7-5-11-6-9(7)13-14-10/h1-4,11H,5-6H2. The van der Waals surface area contributed by atoms with E-state index in [1.807, 2.05) is 18.2 Å². The Labute approximate surface area is 80.9 Å². The molecule has 0 saturated carbocycles. The zero-order valence-electron chi connectivity index (χ0n) is 7.53. The fourth-order valence-corrected chi connectivity index (χ4v) is 1.67. The van der Waals surface area contributed by atoms with Gasteiger partial charge >= 0.3 is 0 Å². The van der Waals surface area contributed by atoms with Gasteiger partial charge in [-0.3, -0.25) is 4.98 Å². The second kappa shape index (κ2) is 2.92. The normalized spacial score (nSPS) is 14.3. The van der Waals surface area contributed by atoms with E-state index in [0.29, 0.717) is 0 Å². The van der Waals surface area contributed by atoms with Gasteiger partial charge < -0.3 is 9.84 Å². The summed E-state index contributed by atoms with van der Waals surface area (Å²) in [6, 6.07) is 5.76. The summed E-state index contributed by atoms with van der Waals surface area (Å²) in [6.07, 6.45) is 1.76. The Balaban J connectivity index is 2.13. The van der Waals surface area contributed by atoms with Crippen LogP contribution in [0, 0.1) is 0 Å². The van der Waals surface area contributed by atoms with Crippen LogP contribution < -0.4 is 5.32 Å². The van der Waals surface area contributed by atoms with Crippen molar-refractivity contribution in [2.45, 2.75) is 13.1 Å². The Hall–Kier alpha value is -1.68. The van der Waals surface area contributed by atoms with Crippen LogP contribution in [0.4, 0.5) is 0 Å². The maximum atomic E-state index is 5.27. The van der Waals surface area contributed by atoms with Crippen LogP contribution in [0.15, 0.2) is 28.9 Å². The van der Waals surface area contributed by atoms with Gasteiger partial charge in [0.05, 0.1) is 0 Å². The number of nitrogens with one attached hydrogen (secondary N) is 1. The van der Waals surface area contributed by atoms with Crippen LogP contribution in [0.3, 0.4) is 0 Å². The van der Waals surface area contributed by atoms with Gasteiger partial charge in [0.15, 0.2) is 5.76 Å². The van der Waals surface area contributed by atoms with Gasteiger partial charge in [-0.25, -0.2) is 0 Å². The molecule has 4 heteroatoms. The number of hydrogen-bond donors (Lipinski definition) is 1. The van der Waals surface area contributed by atoms with Gasteiger partial charge in [-0.1, -0.05) is 11.2 Å². The maximum Gasteiger partial charge on any atom is 0.189 e. The molecule has 70 valence electrons. The summed E-state index contributed by atoms with van der Waals surface area (Å²) < 4.78 is 5.27. The molecule has 0 bridgehead atoms. The zero-order chi connectivity index (χ0) is 9.38. The first-order valence-electron chi connectivity index (χ1n) is 4.54. The highest BCUT2D eigenvalue weighted by Crippen LogP contribution is 2.27. The average Bonchev–Trinajstić information content (AvgIpc) is 2.79. The lowest BCUT2D eigenvalue weighted by molar-refractivity contribution is 0.416. The van der Waals surface area contributed by atoms with Crippen molar-refractivity contribution in [3.63, 3.8) is 0 Å². The summed E-state index contributed by atoms with van der Waals surface area (Å²) in [5, 5.41) is 7.22. The summed E-state index contributed by atoms with van der Waals surface area (Å²) in [6.45, 7) is 1.62. The van der Waals surface area contributed by atoms with Crippen molar-refractivity contribution in [1.82, 2.24) is 15.5 Å². The van der Waals surface area contributed by atoms with Gasteiger partial charge in [0.2, 0.25) is 0 Å². The lowest BCUT2D eigenvalue weighted by atomic mass is 10.2. The fourth-order valence-electron chi connectivity index (χ4n) is 1.67. The summed E-state index contributed by atoms with van der Waals surface area (Å²) >= 11 is 0. The van der Waals surface area contributed by atoms with E-state index in [-0.39, 0.29) is 0 Å². The van der Waals surface area contributed by atoms with Crippen molar-refractivity contribution in [3.8, 4) is 11.5 Å². The molecule has 1 aliphatic heterocycles. The monoisotopic (exact) mass is 187 g/mol. The predicted molar refractivity (Wildman–Crippen MR) is 50.3 cm³/mol. The van der Waals surface area contributed by atoms with Crippen molar-refractivity contribution in [3.05, 3.63) is 35.7 Å². The SMILES string of the molecule is c1ccc(-c2onc3c2CNC3)nc1. The van der Waals surface area contributed by atoms with E-state index in [4.69, 9.17) is 4.52 Å². The molecule has 0 aromatic carbocycles. The highest BCUT2D eigenvalue weighted by molar-refractivity contribution is 5.58. The van der Waals surface area contributed by atoms with E-state index in [9.17, 15) is 0 Å². The number of fused-ring (bicyclic) bond motifs is 1. The Kier molecular flexibility index (Phi) is 1.61. The molecule has 4 nitrogen and oxygen atoms in total. The van der Waals surface area contributed by atoms with Crippen LogP contribution in [0.1, 0.15) is 11.3 Å². The Morgan fingerprint density at radius 3 is 3.14 bits per heavy atom. The minimum Gasteiger partial charge on any atom is -0.354 e. The molecule has 0 unspecified atom stereocenters. The Morgan fingerprint density at radius 2 is 2.29 bits per heavy atom. The van der Waals surface area contributed by atoms with Crippen molar-refractivity contribution in [2.75, 3.05) is 0 Å². The van der Waals surface area contributed by atoms with E-state index in [2.05, 4.69) is 15.5 Å². The molecular formula is C10H9N3O. The topological polar surface area (TPSA) is 51.0 Å². The molecule has 2 aromatic heterocycles. The molecular weight excluding hydrogens is 178 g/mol. The fraction of sp³-hybridized carbons (Fsp3) is 0.200. The molecule has 14 heavy (non-hydrogen) atoms. The number of nitrogens with zero attached hydrogens (tertiary/aromatic N) is 2. The van der Waals surface area contributed by atoms with Crippen LogP contribution in [-0.2, 0) is 13.1 Å². The number of aromatic nitrogens is 2. The molecule has 3 heterocycles. The van der Waals surface area contributed by atoms with Crippen LogP contribution in [0.2, 0.25) is 0 Å². The third-order valence-electron chi connectivity index (χ3n) is 2.36. The van der Waals surface area contributed by atoms with Crippen molar-refractivity contribution >= 4 is 0 Å². The molecule has 2 aromatic rings. The molecule has 0 aliphatic carbocycles. The maximum absolute atomic E-state index is 5.27. The van der Waals surface area contributed by atoms with Crippen LogP contribution in [0.25, 0.3) is 11.5 Å². The van der Waals surface area contributed by atoms with Crippen molar-refractivity contribution < 1.29 is 4.52 Å². The van der Waals surface area contributed by atoms with Gasteiger partial charge in [-0.05, 0) is 12.1 Å². The molecule has 0 amide bonds. The van der Waals surface area contributed by atoms with E-state index in [0.717, 1.165) is 35.8 Å². The Bertz CT molecular complexity index is 450. The van der Waals surface area contributed by atoms with Crippen LogP contribution >= 0.6 is 0 Å². The predicted octanol–water partition coefficient (Wildman–Crippen LogP) is 1.34. The van der Waals surface area contributed by atoms with Crippen molar-refractivity contribution in [2.24, 2.45) is 0 Å². The molecule has 1 N–H and O–H groups in total. The third kappa shape index (κ3) is 1.04. The molecule has 3 rings (SSSR count). The van der Waals surface area contributed by atoms with E-state index >= 15 is 0 Å². The lowest BCUT2D eigenvalue weighted by Crippen LogP contribution is -2.02. The van der Waals surface area contributed by atoms with Crippen LogP contribution in [-0.4, -0.2) is 10.1 Å².